The Kier molecular flexibility index (Phi) is 11.3. The van der Waals surface area contributed by atoms with Crippen LogP contribution in [0.5, 0.6) is 0 Å². The third-order valence-corrected chi connectivity index (χ3v) is 13.8. The maximum absolute atomic E-state index is 14.7. The molecule has 0 bridgehead atoms. The predicted molar refractivity (Wildman–Crippen MR) is 231 cm³/mol. The molecule has 2 saturated carbocycles. The van der Waals surface area contributed by atoms with Gasteiger partial charge in [-0.2, -0.15) is 13.2 Å². The lowest BCUT2D eigenvalue weighted by Crippen LogP contribution is -2.50. The third kappa shape index (κ3) is 8.28. The van der Waals surface area contributed by atoms with Gasteiger partial charge in [0, 0.05) is 42.5 Å². The summed E-state index contributed by atoms with van der Waals surface area (Å²) in [5.74, 6) is -1.23. The molecule has 12 nitrogen and oxygen atoms in total. The highest BCUT2D eigenvalue weighted by molar-refractivity contribution is 6.31. The number of benzene rings is 2. The summed E-state index contributed by atoms with van der Waals surface area (Å²) in [6.07, 6.45) is 10.5. The number of nitrogens with zero attached hydrogens (tertiary/aromatic N) is 5. The molecule has 2 aliphatic carbocycles. The number of primary amides is 1. The van der Waals surface area contributed by atoms with E-state index in [1.807, 2.05) is 19.3 Å². The molecular weight excluding hydrogens is 819 g/mol. The van der Waals surface area contributed by atoms with E-state index in [0.29, 0.717) is 43.2 Å². The van der Waals surface area contributed by atoms with E-state index in [-0.39, 0.29) is 40.7 Å². The Morgan fingerprint density at radius 1 is 1.02 bits per heavy atom. The molecular formula is C46H51ClF3N9O3. The van der Waals surface area contributed by atoms with Gasteiger partial charge in [0.15, 0.2) is 5.82 Å². The Morgan fingerprint density at radius 3 is 2.45 bits per heavy atom. The zero-order valence-corrected chi connectivity index (χ0v) is 35.4. The zero-order valence-electron chi connectivity index (χ0n) is 34.6. The molecule has 4 aliphatic heterocycles. The molecule has 62 heavy (non-hydrogen) atoms. The van der Waals surface area contributed by atoms with Crippen LogP contribution in [-0.2, 0) is 22.4 Å². The average molecular weight is 870 g/mol. The lowest BCUT2D eigenvalue weighted by molar-refractivity contribution is -0.195. The number of nitrogens with two attached hydrogens (primary N) is 1. The van der Waals surface area contributed by atoms with Gasteiger partial charge in [-0.05, 0) is 116 Å². The smallest absolute Gasteiger partial charge is 0.385 e. The maximum Gasteiger partial charge on any atom is 0.408 e. The molecule has 0 radical (unpaired) electrons. The molecule has 4 aromatic rings. The molecule has 6 aliphatic rings. The largest absolute Gasteiger partial charge is 0.408 e. The zero-order chi connectivity index (χ0) is 43.3. The Hall–Kier alpha value is -5.41. The summed E-state index contributed by atoms with van der Waals surface area (Å²) < 4.78 is 45.9. The standard InChI is InChI=1S/C43H45ClF3N9O3.C3H6/c1-49-33-19-36(53-56-35(39(48)58)23-51-40(33)56)55-14-11-28-27(3-2-4-34(28)55)32-9-5-24(22-50-32)17-25-20-42(21-25)12-15-54(16-13-42)38(43(45,46)47)26-6-8-31(44)30(18-26)29-7-10-37(57)52-41(29)59;1-2-3-1/h2-6,8-9,18-19,22-23,25,29,36,38,49,53H,7,10-17,20-21H2,1H3,(H2,48,58)(H,52,57,59);1-3H2. The van der Waals surface area contributed by atoms with Gasteiger partial charge >= 0.3 is 6.18 Å². The number of rotatable bonds is 9. The number of likely N-dealkylation sites (tertiary alicyclic amines) is 1. The van der Waals surface area contributed by atoms with E-state index >= 15 is 0 Å². The van der Waals surface area contributed by atoms with Crippen molar-refractivity contribution in [3.63, 3.8) is 0 Å². The van der Waals surface area contributed by atoms with Crippen LogP contribution in [0.15, 0.2) is 67.0 Å². The number of alkyl halides is 3. The first-order valence-corrected chi connectivity index (χ1v) is 22.0. The molecule has 3 unspecified atom stereocenters. The number of pyridine rings is 1. The van der Waals surface area contributed by atoms with E-state index < -0.39 is 35.9 Å². The summed E-state index contributed by atoms with van der Waals surface area (Å²) in [5, 5.41) is 5.69. The van der Waals surface area contributed by atoms with Gasteiger partial charge in [0.1, 0.15) is 17.9 Å². The first-order valence-electron chi connectivity index (χ1n) is 21.6. The minimum absolute atomic E-state index is 0.0379. The highest BCUT2D eigenvalue weighted by atomic mass is 35.5. The Bertz CT molecular complexity index is 2400. The van der Waals surface area contributed by atoms with E-state index in [2.05, 4.69) is 56.3 Å². The second kappa shape index (κ2) is 16.7. The van der Waals surface area contributed by atoms with Gasteiger partial charge in [-0.3, -0.25) is 35.0 Å². The number of halogens is 4. The number of aromatic nitrogens is 3. The number of carbonyl (C=O) groups excluding carboxylic acids is 3. The van der Waals surface area contributed by atoms with E-state index in [9.17, 15) is 27.6 Å². The van der Waals surface area contributed by atoms with Gasteiger partial charge in [-0.1, -0.05) is 61.2 Å². The first kappa shape index (κ1) is 41.9. The number of imide groups is 1. The monoisotopic (exact) mass is 869 g/mol. The molecule has 16 heteroatoms. The molecule has 2 saturated heterocycles. The number of fused-ring (bicyclic) bond motifs is 2. The summed E-state index contributed by atoms with van der Waals surface area (Å²) in [5.41, 5.74) is 15.9. The average Bonchev–Trinajstić information content (AvgIpc) is 3.96. The van der Waals surface area contributed by atoms with Gasteiger partial charge in [-0.25, -0.2) is 9.66 Å². The van der Waals surface area contributed by atoms with Crippen LogP contribution in [0.4, 0.5) is 18.9 Å². The summed E-state index contributed by atoms with van der Waals surface area (Å²) in [7, 11) is 1.82. The first-order chi connectivity index (χ1) is 29.8. The Balaban J connectivity index is 0.00000157. The quantitative estimate of drug-likeness (QED) is 0.128. The summed E-state index contributed by atoms with van der Waals surface area (Å²) >= 11 is 6.40. The molecule has 2 aromatic carbocycles. The highest BCUT2D eigenvalue weighted by Gasteiger charge is 2.51. The highest BCUT2D eigenvalue weighted by Crippen LogP contribution is 2.55. The summed E-state index contributed by atoms with van der Waals surface area (Å²) in [6, 6.07) is 12.9. The molecule has 326 valence electrons. The molecule has 3 atom stereocenters. The lowest BCUT2D eigenvalue weighted by atomic mass is 9.56. The van der Waals surface area contributed by atoms with Gasteiger partial charge in [0.2, 0.25) is 11.8 Å². The number of nitrogens with one attached hydrogen (secondary N) is 3. The van der Waals surface area contributed by atoms with Gasteiger partial charge in [-0.15, -0.1) is 0 Å². The van der Waals surface area contributed by atoms with Crippen LogP contribution in [0.3, 0.4) is 0 Å². The Morgan fingerprint density at radius 2 is 1.79 bits per heavy atom. The molecule has 6 heterocycles. The van der Waals surface area contributed by atoms with Crippen molar-refractivity contribution >= 4 is 40.7 Å². The topological polar surface area (TPSA) is 151 Å². The van der Waals surface area contributed by atoms with Gasteiger partial charge < -0.3 is 16.0 Å². The minimum atomic E-state index is -4.52. The molecule has 3 amide bonds. The molecule has 4 fully saturated rings. The van der Waals surface area contributed by atoms with Crippen LogP contribution in [0, 0.1) is 11.3 Å². The van der Waals surface area contributed by atoms with Crippen molar-refractivity contribution in [2.45, 2.75) is 94.9 Å². The fourth-order valence-corrected chi connectivity index (χ4v) is 10.4. The second-order valence-corrected chi connectivity index (χ2v) is 18.1. The predicted octanol–water partition coefficient (Wildman–Crippen LogP) is 7.23. The SMILES string of the molecule is C1CC1.CNC1=CC(N2CCc3c(-c4ccc(CC5CC6(CCN(C(c7ccc(Cl)c(C8CCC(=O)NC8=O)c7)C(F)(F)F)CC6)C5)cn4)cccc32)Nn2c(C(N)=O)cnc21. The van der Waals surface area contributed by atoms with Crippen molar-refractivity contribution in [2.75, 3.05) is 37.0 Å². The van der Waals surface area contributed by atoms with Crippen LogP contribution in [0.25, 0.3) is 17.0 Å². The lowest BCUT2D eigenvalue weighted by Gasteiger charge is -2.53. The number of hydrogen-bond donors (Lipinski definition) is 4. The molecule has 5 N–H and O–H groups in total. The summed E-state index contributed by atoms with van der Waals surface area (Å²) in [6.45, 7) is 1.41. The number of piperidine rings is 2. The maximum atomic E-state index is 14.7. The summed E-state index contributed by atoms with van der Waals surface area (Å²) in [4.78, 5) is 49.4. The van der Waals surface area contributed by atoms with E-state index in [0.717, 1.165) is 60.4 Å². The van der Waals surface area contributed by atoms with Gasteiger partial charge in [0.05, 0.1) is 23.5 Å². The Labute approximate surface area is 363 Å². The van der Waals surface area contributed by atoms with Crippen molar-refractivity contribution < 1.29 is 27.6 Å². The molecule has 10 rings (SSSR count). The van der Waals surface area contributed by atoms with Crippen molar-refractivity contribution in [3.05, 3.63) is 106 Å². The molecule has 1 spiro atoms. The molecule has 2 aromatic heterocycles. The number of carbonyl (C=O) groups is 3. The van der Waals surface area contributed by atoms with Crippen molar-refractivity contribution in [2.24, 2.45) is 17.1 Å². The number of anilines is 1. The van der Waals surface area contributed by atoms with Gasteiger partial charge in [0.25, 0.3) is 5.91 Å². The van der Waals surface area contributed by atoms with Crippen LogP contribution >= 0.6 is 11.6 Å². The van der Waals surface area contributed by atoms with Crippen molar-refractivity contribution in [1.82, 2.24) is 30.2 Å². The van der Waals surface area contributed by atoms with E-state index in [1.165, 1.54) is 54.1 Å². The number of amides is 3. The van der Waals surface area contributed by atoms with E-state index in [1.54, 1.807) is 4.68 Å². The van der Waals surface area contributed by atoms with Crippen molar-refractivity contribution in [3.8, 4) is 11.3 Å². The second-order valence-electron chi connectivity index (χ2n) is 17.7. The van der Waals surface area contributed by atoms with Crippen molar-refractivity contribution in [1.29, 1.82) is 0 Å². The van der Waals surface area contributed by atoms with Crippen LogP contribution in [-0.4, -0.2) is 76.3 Å². The van der Waals surface area contributed by atoms with Crippen LogP contribution in [0.2, 0.25) is 5.02 Å². The van der Waals surface area contributed by atoms with Crippen LogP contribution in [0.1, 0.15) is 108 Å². The minimum Gasteiger partial charge on any atom is -0.385 e. The fourth-order valence-electron chi connectivity index (χ4n) is 10.2. The number of imidazole rings is 1. The third-order valence-electron chi connectivity index (χ3n) is 13.4. The fraction of sp³-hybridized carbons (Fsp3) is 0.457. The van der Waals surface area contributed by atoms with E-state index in [4.69, 9.17) is 22.3 Å². The number of hydrogen-bond acceptors (Lipinski definition) is 9. The normalized spacial score (nSPS) is 22.3. The van der Waals surface area contributed by atoms with Crippen LogP contribution < -0.4 is 26.7 Å².